The molecule has 2 nitrogen and oxygen atoms in total. The van der Waals surface area contributed by atoms with Crippen LogP contribution in [0.3, 0.4) is 0 Å². The van der Waals surface area contributed by atoms with Crippen LogP contribution < -0.4 is 5.32 Å². The third-order valence-corrected chi connectivity index (χ3v) is 3.23. The number of hydrogen-bond acceptors (Lipinski definition) is 3. The van der Waals surface area contributed by atoms with Crippen molar-refractivity contribution >= 4 is 11.8 Å². The minimum atomic E-state index is -0.337. The highest BCUT2D eigenvalue weighted by Gasteiger charge is 2.21. The first-order valence-corrected chi connectivity index (χ1v) is 6.08. The van der Waals surface area contributed by atoms with Crippen LogP contribution in [0.5, 0.6) is 0 Å². The van der Waals surface area contributed by atoms with E-state index in [0.717, 1.165) is 24.5 Å². The minimum Gasteiger partial charge on any atom is -0.299 e. The van der Waals surface area contributed by atoms with E-state index in [9.17, 15) is 0 Å². The molecule has 13 heavy (non-hydrogen) atoms. The van der Waals surface area contributed by atoms with Crippen molar-refractivity contribution in [2.24, 2.45) is 0 Å². The first kappa shape index (κ1) is 12.8. The van der Waals surface area contributed by atoms with Crippen LogP contribution in [0.2, 0.25) is 0 Å². The summed E-state index contributed by atoms with van der Waals surface area (Å²) in [5, 5.41) is 12.3. The number of rotatable bonds is 7. The molecule has 0 aromatic heterocycles. The lowest BCUT2D eigenvalue weighted by Gasteiger charge is -2.22. The van der Waals surface area contributed by atoms with Gasteiger partial charge in [-0.1, -0.05) is 13.8 Å². The van der Waals surface area contributed by atoms with Crippen molar-refractivity contribution in [2.75, 3.05) is 18.1 Å². The normalized spacial score (nSPS) is 14.9. The van der Waals surface area contributed by atoms with Gasteiger partial charge in [0.2, 0.25) is 0 Å². The molecule has 1 N–H and O–H groups in total. The average molecular weight is 200 g/mol. The van der Waals surface area contributed by atoms with Crippen molar-refractivity contribution in [1.82, 2.24) is 5.32 Å². The molecule has 0 aromatic rings. The van der Waals surface area contributed by atoms with Crippen molar-refractivity contribution < 1.29 is 0 Å². The van der Waals surface area contributed by atoms with E-state index < -0.39 is 0 Å². The number of nitrogens with one attached hydrogen (secondary N) is 1. The Bertz CT molecular complexity index is 165. The zero-order chi connectivity index (χ0) is 10.2. The predicted molar refractivity (Wildman–Crippen MR) is 59.9 cm³/mol. The lowest BCUT2D eigenvalue weighted by Crippen LogP contribution is -2.43. The Morgan fingerprint density at radius 2 is 2.08 bits per heavy atom. The maximum atomic E-state index is 8.99. The van der Waals surface area contributed by atoms with Crippen molar-refractivity contribution in [2.45, 2.75) is 39.2 Å². The molecule has 0 bridgehead atoms. The molecule has 0 aliphatic rings. The van der Waals surface area contributed by atoms with Gasteiger partial charge >= 0.3 is 0 Å². The fourth-order valence-corrected chi connectivity index (χ4v) is 1.95. The van der Waals surface area contributed by atoms with E-state index in [1.54, 1.807) is 0 Å². The fourth-order valence-electron chi connectivity index (χ4n) is 0.944. The highest BCUT2D eigenvalue weighted by atomic mass is 32.2. The second-order valence-electron chi connectivity index (χ2n) is 3.42. The minimum absolute atomic E-state index is 0.337. The van der Waals surface area contributed by atoms with E-state index in [0.29, 0.717) is 0 Å². The summed E-state index contributed by atoms with van der Waals surface area (Å²) in [5.74, 6) is 2.03. The quantitative estimate of drug-likeness (QED) is 0.641. The van der Waals surface area contributed by atoms with Crippen LogP contribution in [0, 0.1) is 11.3 Å². The molecule has 0 heterocycles. The zero-order valence-corrected chi connectivity index (χ0v) is 9.71. The number of nitrogens with zero attached hydrogens (tertiary/aromatic N) is 1. The van der Waals surface area contributed by atoms with E-state index in [1.807, 2.05) is 18.7 Å². The molecule has 0 saturated heterocycles. The Balaban J connectivity index is 3.76. The third-order valence-electron chi connectivity index (χ3n) is 1.75. The summed E-state index contributed by atoms with van der Waals surface area (Å²) in [5.41, 5.74) is -0.337. The van der Waals surface area contributed by atoms with Crippen LogP contribution in [0.1, 0.15) is 33.6 Å². The smallest absolute Gasteiger partial charge is 0.113 e. The van der Waals surface area contributed by atoms with Crippen LogP contribution in [0.25, 0.3) is 0 Å². The van der Waals surface area contributed by atoms with Crippen molar-refractivity contribution in [1.29, 1.82) is 5.26 Å². The topological polar surface area (TPSA) is 35.8 Å². The lowest BCUT2D eigenvalue weighted by molar-refractivity contribution is 0.493. The summed E-state index contributed by atoms with van der Waals surface area (Å²) < 4.78 is 0. The van der Waals surface area contributed by atoms with Crippen LogP contribution in [-0.2, 0) is 0 Å². The van der Waals surface area contributed by atoms with Gasteiger partial charge in [-0.3, -0.25) is 5.32 Å². The number of thioether (sulfide) groups is 1. The number of nitriles is 1. The van der Waals surface area contributed by atoms with Crippen molar-refractivity contribution in [3.63, 3.8) is 0 Å². The van der Waals surface area contributed by atoms with E-state index in [-0.39, 0.29) is 5.54 Å². The Morgan fingerprint density at radius 3 is 2.54 bits per heavy atom. The van der Waals surface area contributed by atoms with Gasteiger partial charge in [-0.2, -0.15) is 17.0 Å². The van der Waals surface area contributed by atoms with Crippen LogP contribution in [0.15, 0.2) is 0 Å². The molecule has 0 spiro atoms. The summed E-state index contributed by atoms with van der Waals surface area (Å²) in [6, 6.07) is 2.34. The second kappa shape index (κ2) is 7.23. The van der Waals surface area contributed by atoms with E-state index in [1.165, 1.54) is 6.42 Å². The summed E-state index contributed by atoms with van der Waals surface area (Å²) in [6.07, 6.45) is 2.26. The SMILES string of the molecule is CCCNC(C)(C#N)CSCCC. The molecule has 0 fully saturated rings. The molecule has 0 saturated carbocycles. The molecule has 1 unspecified atom stereocenters. The monoisotopic (exact) mass is 200 g/mol. The summed E-state index contributed by atoms with van der Waals surface area (Å²) in [6.45, 7) is 7.18. The second-order valence-corrected chi connectivity index (χ2v) is 4.53. The van der Waals surface area contributed by atoms with Crippen molar-refractivity contribution in [3.05, 3.63) is 0 Å². The highest BCUT2D eigenvalue weighted by molar-refractivity contribution is 7.99. The standard InChI is InChI=1S/C10H20N2S/c1-4-6-12-10(3,8-11)9-13-7-5-2/h12H,4-7,9H2,1-3H3. The molecule has 0 rings (SSSR count). The first-order valence-electron chi connectivity index (χ1n) is 4.92. The van der Waals surface area contributed by atoms with Gasteiger partial charge in [-0.25, -0.2) is 0 Å². The highest BCUT2D eigenvalue weighted by Crippen LogP contribution is 2.13. The number of hydrogen-bond donors (Lipinski definition) is 1. The molecular weight excluding hydrogens is 180 g/mol. The van der Waals surface area contributed by atoms with Crippen LogP contribution in [0.4, 0.5) is 0 Å². The summed E-state index contributed by atoms with van der Waals surface area (Å²) >= 11 is 1.85. The van der Waals surface area contributed by atoms with Crippen LogP contribution in [-0.4, -0.2) is 23.6 Å². The molecule has 76 valence electrons. The van der Waals surface area contributed by atoms with Gasteiger partial charge in [0.25, 0.3) is 0 Å². The Kier molecular flexibility index (Phi) is 7.12. The first-order chi connectivity index (χ1) is 6.18. The van der Waals surface area contributed by atoms with Gasteiger partial charge in [-0.05, 0) is 32.1 Å². The molecule has 1 atom stereocenters. The maximum Gasteiger partial charge on any atom is 0.113 e. The molecule has 0 aliphatic heterocycles. The van der Waals surface area contributed by atoms with Gasteiger partial charge in [0.1, 0.15) is 5.54 Å². The van der Waals surface area contributed by atoms with Gasteiger partial charge in [0, 0.05) is 5.75 Å². The van der Waals surface area contributed by atoms with Gasteiger partial charge in [0.15, 0.2) is 0 Å². The molecule has 0 radical (unpaired) electrons. The van der Waals surface area contributed by atoms with Gasteiger partial charge in [0.05, 0.1) is 6.07 Å². The van der Waals surface area contributed by atoms with Crippen LogP contribution >= 0.6 is 11.8 Å². The molecule has 0 aliphatic carbocycles. The summed E-state index contributed by atoms with van der Waals surface area (Å²) in [7, 11) is 0. The third kappa shape index (κ3) is 5.95. The molecule has 0 aromatic carbocycles. The molecular formula is C10H20N2S. The fraction of sp³-hybridized carbons (Fsp3) is 0.900. The maximum absolute atomic E-state index is 8.99. The van der Waals surface area contributed by atoms with Crippen molar-refractivity contribution in [3.8, 4) is 6.07 Å². The molecule has 3 heteroatoms. The Hall–Kier alpha value is -0.200. The Morgan fingerprint density at radius 1 is 1.38 bits per heavy atom. The predicted octanol–water partition coefficient (Wildman–Crippen LogP) is 2.41. The van der Waals surface area contributed by atoms with Gasteiger partial charge < -0.3 is 0 Å². The van der Waals surface area contributed by atoms with Gasteiger partial charge in [-0.15, -0.1) is 0 Å². The largest absolute Gasteiger partial charge is 0.299 e. The van der Waals surface area contributed by atoms with E-state index >= 15 is 0 Å². The Labute approximate surface area is 86.1 Å². The summed E-state index contributed by atoms with van der Waals surface area (Å²) in [4.78, 5) is 0. The van der Waals surface area contributed by atoms with E-state index in [2.05, 4.69) is 25.2 Å². The molecule has 0 amide bonds. The zero-order valence-electron chi connectivity index (χ0n) is 8.89. The lowest BCUT2D eigenvalue weighted by atomic mass is 10.1. The average Bonchev–Trinajstić information content (AvgIpc) is 2.15. The van der Waals surface area contributed by atoms with E-state index in [4.69, 9.17) is 5.26 Å².